The van der Waals surface area contributed by atoms with Crippen LogP contribution in [0.2, 0.25) is 0 Å². The summed E-state index contributed by atoms with van der Waals surface area (Å²) in [5, 5.41) is 3.99. The van der Waals surface area contributed by atoms with Gasteiger partial charge in [0.1, 0.15) is 10.7 Å². The van der Waals surface area contributed by atoms with Gasteiger partial charge in [0, 0.05) is 19.8 Å². The summed E-state index contributed by atoms with van der Waals surface area (Å²) in [4.78, 5) is -0.120. The van der Waals surface area contributed by atoms with Gasteiger partial charge in [-0.15, -0.1) is 0 Å². The Morgan fingerprint density at radius 2 is 2.20 bits per heavy atom. The molecule has 1 aromatic carbocycles. The molecule has 0 aliphatic carbocycles. The van der Waals surface area contributed by atoms with E-state index in [0.717, 1.165) is 23.8 Å². The summed E-state index contributed by atoms with van der Waals surface area (Å²) < 4.78 is 41.0. The lowest BCUT2D eigenvalue weighted by Crippen LogP contribution is -2.26. The van der Waals surface area contributed by atoms with Gasteiger partial charge in [0.05, 0.1) is 11.9 Å². The summed E-state index contributed by atoms with van der Waals surface area (Å²) in [6.07, 6.45) is 3.98. The molecule has 0 aliphatic heterocycles. The van der Waals surface area contributed by atoms with Crippen molar-refractivity contribution in [3.63, 3.8) is 0 Å². The number of hydrogen-bond acceptors (Lipinski definition) is 4. The van der Waals surface area contributed by atoms with Crippen molar-refractivity contribution in [3.8, 4) is 0 Å². The minimum Gasteiger partial charge on any atom is -0.398 e. The van der Waals surface area contributed by atoms with E-state index in [4.69, 9.17) is 5.73 Å². The molecule has 3 N–H and O–H groups in total. The van der Waals surface area contributed by atoms with Gasteiger partial charge in [0.2, 0.25) is 10.0 Å². The van der Waals surface area contributed by atoms with E-state index in [0.29, 0.717) is 6.42 Å². The fraction of sp³-hybridized carbons (Fsp3) is 0.250. The molecule has 0 spiro atoms. The van der Waals surface area contributed by atoms with Crippen LogP contribution in [-0.4, -0.2) is 24.7 Å². The molecule has 0 radical (unpaired) electrons. The number of nitrogens with two attached hydrogens (primary N) is 1. The van der Waals surface area contributed by atoms with Crippen LogP contribution in [0.25, 0.3) is 0 Å². The van der Waals surface area contributed by atoms with Crippen molar-refractivity contribution in [1.29, 1.82) is 0 Å². The number of aryl methyl sites for hydroxylation is 1. The van der Waals surface area contributed by atoms with Gasteiger partial charge in [-0.25, -0.2) is 17.5 Å². The Kier molecular flexibility index (Phi) is 4.05. The van der Waals surface area contributed by atoms with E-state index in [-0.39, 0.29) is 17.1 Å². The second-order valence-corrected chi connectivity index (χ2v) is 6.09. The molecule has 20 heavy (non-hydrogen) atoms. The number of aromatic nitrogens is 2. The van der Waals surface area contributed by atoms with Crippen molar-refractivity contribution < 1.29 is 12.8 Å². The van der Waals surface area contributed by atoms with E-state index < -0.39 is 15.8 Å². The molecule has 1 aromatic heterocycles. The van der Waals surface area contributed by atoms with Crippen LogP contribution in [-0.2, 0) is 23.5 Å². The monoisotopic (exact) mass is 298 g/mol. The van der Waals surface area contributed by atoms with Gasteiger partial charge in [-0.3, -0.25) is 4.68 Å². The van der Waals surface area contributed by atoms with Crippen LogP contribution in [0.3, 0.4) is 0 Å². The first-order valence-corrected chi connectivity index (χ1v) is 7.39. The maximum Gasteiger partial charge on any atom is 0.242 e. The van der Waals surface area contributed by atoms with E-state index in [2.05, 4.69) is 9.82 Å². The molecular formula is C12H15FN4O2S. The van der Waals surface area contributed by atoms with E-state index in [1.807, 2.05) is 0 Å². The first-order chi connectivity index (χ1) is 9.38. The highest BCUT2D eigenvalue weighted by Gasteiger charge is 2.17. The number of rotatable bonds is 5. The minimum absolute atomic E-state index is 0.112. The molecule has 0 unspecified atom stereocenters. The Morgan fingerprint density at radius 3 is 2.80 bits per heavy atom. The van der Waals surface area contributed by atoms with Gasteiger partial charge in [0.25, 0.3) is 0 Å². The summed E-state index contributed by atoms with van der Waals surface area (Å²) in [7, 11) is -1.96. The van der Waals surface area contributed by atoms with E-state index in [9.17, 15) is 12.8 Å². The van der Waals surface area contributed by atoms with Crippen LogP contribution in [0.1, 0.15) is 5.56 Å². The molecule has 6 nitrogen and oxygen atoms in total. The van der Waals surface area contributed by atoms with Crippen molar-refractivity contribution in [2.75, 3.05) is 12.3 Å². The van der Waals surface area contributed by atoms with Gasteiger partial charge in [0.15, 0.2) is 0 Å². The summed E-state index contributed by atoms with van der Waals surface area (Å²) in [5.41, 5.74) is 6.33. The lowest BCUT2D eigenvalue weighted by molar-refractivity contribution is 0.581. The third-order valence-electron chi connectivity index (χ3n) is 2.73. The van der Waals surface area contributed by atoms with E-state index >= 15 is 0 Å². The van der Waals surface area contributed by atoms with Gasteiger partial charge in [-0.05, 0) is 30.2 Å². The Hall–Kier alpha value is -1.93. The average molecular weight is 298 g/mol. The summed E-state index contributed by atoms with van der Waals surface area (Å²) in [5.74, 6) is -0.572. The van der Waals surface area contributed by atoms with Gasteiger partial charge in [-0.2, -0.15) is 5.10 Å². The van der Waals surface area contributed by atoms with Crippen LogP contribution < -0.4 is 10.5 Å². The second kappa shape index (κ2) is 5.59. The summed E-state index contributed by atoms with van der Waals surface area (Å²) in [6.45, 7) is 0.213. The van der Waals surface area contributed by atoms with Crippen molar-refractivity contribution in [3.05, 3.63) is 42.0 Å². The molecule has 0 saturated heterocycles. The number of nitrogens with one attached hydrogen (secondary N) is 1. The Morgan fingerprint density at radius 1 is 1.45 bits per heavy atom. The lowest BCUT2D eigenvalue weighted by Gasteiger charge is -2.08. The molecule has 0 fully saturated rings. The molecule has 0 atom stereocenters. The van der Waals surface area contributed by atoms with Crippen LogP contribution in [0.5, 0.6) is 0 Å². The topological polar surface area (TPSA) is 90.0 Å². The first-order valence-electron chi connectivity index (χ1n) is 5.91. The SMILES string of the molecule is Cn1cc(CCNS(=O)(=O)c2ccc(F)cc2N)cn1. The largest absolute Gasteiger partial charge is 0.398 e. The zero-order valence-electron chi connectivity index (χ0n) is 10.9. The number of anilines is 1. The van der Waals surface area contributed by atoms with Gasteiger partial charge in [-0.1, -0.05) is 0 Å². The van der Waals surface area contributed by atoms with Crippen molar-refractivity contribution in [2.45, 2.75) is 11.3 Å². The number of hydrogen-bond donors (Lipinski definition) is 2. The zero-order chi connectivity index (χ0) is 14.8. The van der Waals surface area contributed by atoms with E-state index in [1.54, 1.807) is 24.1 Å². The lowest BCUT2D eigenvalue weighted by atomic mass is 10.3. The number of benzene rings is 1. The molecule has 0 saturated carbocycles. The quantitative estimate of drug-likeness (QED) is 0.794. The average Bonchev–Trinajstić information content (AvgIpc) is 2.74. The highest BCUT2D eigenvalue weighted by Crippen LogP contribution is 2.18. The van der Waals surface area contributed by atoms with Crippen molar-refractivity contribution in [2.24, 2.45) is 7.05 Å². The molecule has 8 heteroatoms. The number of halogens is 1. The Bertz CT molecular complexity index is 712. The normalized spacial score (nSPS) is 11.7. The zero-order valence-corrected chi connectivity index (χ0v) is 11.7. The molecule has 0 amide bonds. The van der Waals surface area contributed by atoms with Crippen molar-refractivity contribution >= 4 is 15.7 Å². The first kappa shape index (κ1) is 14.5. The van der Waals surface area contributed by atoms with Crippen LogP contribution in [0.4, 0.5) is 10.1 Å². The number of sulfonamides is 1. The molecule has 108 valence electrons. The highest BCUT2D eigenvalue weighted by atomic mass is 32.2. The molecular weight excluding hydrogens is 283 g/mol. The van der Waals surface area contributed by atoms with Crippen LogP contribution in [0, 0.1) is 5.82 Å². The molecule has 0 bridgehead atoms. The molecule has 1 heterocycles. The van der Waals surface area contributed by atoms with E-state index in [1.165, 1.54) is 0 Å². The van der Waals surface area contributed by atoms with Crippen LogP contribution >= 0.6 is 0 Å². The van der Waals surface area contributed by atoms with Crippen LogP contribution in [0.15, 0.2) is 35.5 Å². The second-order valence-electron chi connectivity index (χ2n) is 4.35. The predicted molar refractivity (Wildman–Crippen MR) is 72.9 cm³/mol. The number of nitrogen functional groups attached to an aromatic ring is 1. The predicted octanol–water partition coefficient (Wildman–Crippen LogP) is 0.662. The Balaban J connectivity index is 2.04. The van der Waals surface area contributed by atoms with Gasteiger partial charge < -0.3 is 5.73 Å². The maximum absolute atomic E-state index is 12.9. The fourth-order valence-electron chi connectivity index (χ4n) is 1.77. The molecule has 2 aromatic rings. The minimum atomic E-state index is -3.74. The summed E-state index contributed by atoms with van der Waals surface area (Å²) >= 11 is 0. The third-order valence-corrected chi connectivity index (χ3v) is 4.26. The molecule has 2 rings (SSSR count). The Labute approximate surface area is 116 Å². The number of nitrogens with zero attached hydrogens (tertiary/aromatic N) is 2. The smallest absolute Gasteiger partial charge is 0.242 e. The van der Waals surface area contributed by atoms with Gasteiger partial charge >= 0.3 is 0 Å². The standard InChI is InChI=1S/C12H15FN4O2S/c1-17-8-9(7-15-17)4-5-16-20(18,19)12-3-2-10(13)6-11(12)14/h2-3,6-8,16H,4-5,14H2,1H3. The molecule has 0 aliphatic rings. The highest BCUT2D eigenvalue weighted by molar-refractivity contribution is 7.89. The summed E-state index contributed by atoms with van der Waals surface area (Å²) in [6, 6.07) is 3.19. The fourth-order valence-corrected chi connectivity index (χ4v) is 2.92. The maximum atomic E-state index is 12.9. The van der Waals surface area contributed by atoms with Crippen molar-refractivity contribution in [1.82, 2.24) is 14.5 Å². The third kappa shape index (κ3) is 3.34.